The van der Waals surface area contributed by atoms with Crippen LogP contribution in [0.15, 0.2) is 72.9 Å². The van der Waals surface area contributed by atoms with E-state index in [0.717, 1.165) is 85.3 Å². The molecule has 254 valence electrons. The Balaban J connectivity index is 1.13. The fraction of sp³-hybridized carbons (Fsp3) is 0.436. The summed E-state index contributed by atoms with van der Waals surface area (Å²) in [6, 6.07) is 21.5. The number of nitrogens with one attached hydrogen (secondary N) is 2. The zero-order valence-electron chi connectivity index (χ0n) is 28.4. The summed E-state index contributed by atoms with van der Waals surface area (Å²) < 4.78 is 5.39. The van der Waals surface area contributed by atoms with E-state index in [1.807, 2.05) is 59.6 Å². The molecule has 0 bridgehead atoms. The van der Waals surface area contributed by atoms with E-state index < -0.39 is 6.04 Å². The molecular weight excluding hydrogens is 622 g/mol. The lowest BCUT2D eigenvalue weighted by Crippen LogP contribution is -2.53. The van der Waals surface area contributed by atoms with Crippen molar-refractivity contribution in [3.63, 3.8) is 0 Å². The van der Waals surface area contributed by atoms with Gasteiger partial charge in [-0.15, -0.1) is 0 Å². The molecule has 4 aromatic rings. The van der Waals surface area contributed by atoms with Gasteiger partial charge in [0.1, 0.15) is 11.8 Å². The van der Waals surface area contributed by atoms with Gasteiger partial charge in [0.2, 0.25) is 11.8 Å². The molecule has 1 saturated heterocycles. The molecule has 0 saturated carbocycles. The standard InChI is InChI=1S/C39H48ClN5O3/c1-43(2)24-29-19-30-21-32(40)12-13-37(30)45(26-29)39(47)36(22-31-23-41-35-10-5-4-9-34(31)35)42-38(46)14-11-27-15-17-44(18-16-27)25-28-7-6-8-33(20-28)48-3/h4-10,12-13,20-21,23,27,29,36,41H,11,14-19,22,24-26H2,1-3H3,(H,42,46)/t29-,36+/m0/s1. The molecule has 0 unspecified atom stereocenters. The number of nitrogens with zero attached hydrogens (tertiary/aromatic N) is 3. The van der Waals surface area contributed by atoms with Gasteiger partial charge >= 0.3 is 0 Å². The molecule has 0 spiro atoms. The van der Waals surface area contributed by atoms with Crippen molar-refractivity contribution in [2.45, 2.75) is 51.1 Å². The highest BCUT2D eigenvalue weighted by atomic mass is 35.5. The first-order valence-corrected chi connectivity index (χ1v) is 17.6. The van der Waals surface area contributed by atoms with Gasteiger partial charge in [-0.25, -0.2) is 0 Å². The van der Waals surface area contributed by atoms with Gasteiger partial charge in [0.15, 0.2) is 0 Å². The van der Waals surface area contributed by atoms with Crippen molar-refractivity contribution >= 4 is 40.0 Å². The zero-order chi connectivity index (χ0) is 33.6. The Bertz CT molecular complexity index is 1710. The number of hydrogen-bond donors (Lipinski definition) is 2. The highest BCUT2D eigenvalue weighted by Gasteiger charge is 2.34. The second kappa shape index (κ2) is 15.6. The lowest BCUT2D eigenvalue weighted by Gasteiger charge is -2.37. The van der Waals surface area contributed by atoms with Crippen LogP contribution in [-0.2, 0) is 29.0 Å². The molecule has 1 aromatic heterocycles. The number of rotatable bonds is 12. The molecule has 2 aliphatic rings. The smallest absolute Gasteiger partial charge is 0.249 e. The number of carbonyl (C=O) groups excluding carboxylic acids is 2. The van der Waals surface area contributed by atoms with Crippen LogP contribution >= 0.6 is 11.6 Å². The minimum absolute atomic E-state index is 0.0646. The van der Waals surface area contributed by atoms with E-state index in [9.17, 15) is 9.59 Å². The number of likely N-dealkylation sites (tertiary alicyclic amines) is 1. The Morgan fingerprint density at radius 1 is 1.04 bits per heavy atom. The molecule has 2 atom stereocenters. The number of ether oxygens (including phenoxy) is 1. The normalized spacial score (nSPS) is 17.8. The van der Waals surface area contributed by atoms with Crippen molar-refractivity contribution in [1.29, 1.82) is 0 Å². The Hall–Kier alpha value is -3.85. The predicted molar refractivity (Wildman–Crippen MR) is 194 cm³/mol. The summed E-state index contributed by atoms with van der Waals surface area (Å²) in [4.78, 5) is 38.0. The molecule has 1 fully saturated rings. The molecule has 0 radical (unpaired) electrons. The van der Waals surface area contributed by atoms with Crippen LogP contribution in [0.1, 0.15) is 42.4 Å². The van der Waals surface area contributed by atoms with Crippen LogP contribution in [0.3, 0.4) is 0 Å². The summed E-state index contributed by atoms with van der Waals surface area (Å²) in [6.07, 6.45) is 6.60. The zero-order valence-corrected chi connectivity index (χ0v) is 29.1. The minimum atomic E-state index is -0.692. The van der Waals surface area contributed by atoms with E-state index in [1.54, 1.807) is 7.11 Å². The Morgan fingerprint density at radius 3 is 2.65 bits per heavy atom. The second-order valence-electron chi connectivity index (χ2n) is 13.8. The molecule has 48 heavy (non-hydrogen) atoms. The highest BCUT2D eigenvalue weighted by molar-refractivity contribution is 6.30. The second-order valence-corrected chi connectivity index (χ2v) is 14.3. The maximum Gasteiger partial charge on any atom is 0.249 e. The highest BCUT2D eigenvalue weighted by Crippen LogP contribution is 2.33. The van der Waals surface area contributed by atoms with Crippen molar-refractivity contribution in [2.24, 2.45) is 11.8 Å². The maximum absolute atomic E-state index is 14.5. The Labute approximate surface area is 289 Å². The fourth-order valence-corrected chi connectivity index (χ4v) is 7.73. The number of hydrogen-bond acceptors (Lipinski definition) is 5. The molecule has 2 aliphatic heterocycles. The number of H-pyrrole nitrogens is 1. The summed E-state index contributed by atoms with van der Waals surface area (Å²) in [7, 11) is 5.82. The van der Waals surface area contributed by atoms with Gasteiger partial charge in [0.05, 0.1) is 7.11 Å². The van der Waals surface area contributed by atoms with Gasteiger partial charge in [0.25, 0.3) is 0 Å². The summed E-state index contributed by atoms with van der Waals surface area (Å²) >= 11 is 6.41. The van der Waals surface area contributed by atoms with Crippen LogP contribution in [0.4, 0.5) is 5.69 Å². The Kier molecular flexibility index (Phi) is 11.0. The van der Waals surface area contributed by atoms with Crippen LogP contribution in [-0.4, -0.2) is 80.0 Å². The monoisotopic (exact) mass is 669 g/mol. The molecule has 3 heterocycles. The third kappa shape index (κ3) is 8.41. The van der Waals surface area contributed by atoms with E-state index >= 15 is 0 Å². The topological polar surface area (TPSA) is 80.9 Å². The number of piperidine rings is 1. The number of methoxy groups -OCH3 is 1. The summed E-state index contributed by atoms with van der Waals surface area (Å²) in [5, 5.41) is 4.94. The molecule has 3 aromatic carbocycles. The number of para-hydroxylation sites is 1. The lowest BCUT2D eigenvalue weighted by molar-refractivity contribution is -0.128. The first kappa shape index (κ1) is 34.0. The van der Waals surface area contributed by atoms with Gasteiger partial charge < -0.3 is 24.8 Å². The first-order chi connectivity index (χ1) is 23.2. The van der Waals surface area contributed by atoms with Gasteiger partial charge in [-0.2, -0.15) is 0 Å². The van der Waals surface area contributed by atoms with Crippen LogP contribution in [0.5, 0.6) is 5.75 Å². The largest absolute Gasteiger partial charge is 0.497 e. The number of benzene rings is 3. The maximum atomic E-state index is 14.5. The summed E-state index contributed by atoms with van der Waals surface area (Å²) in [6.45, 7) is 4.38. The predicted octanol–water partition coefficient (Wildman–Crippen LogP) is 6.32. The van der Waals surface area contributed by atoms with E-state index in [2.05, 4.69) is 52.4 Å². The van der Waals surface area contributed by atoms with Crippen LogP contribution in [0.2, 0.25) is 5.02 Å². The van der Waals surface area contributed by atoms with Crippen LogP contribution in [0, 0.1) is 11.8 Å². The Morgan fingerprint density at radius 2 is 1.85 bits per heavy atom. The lowest BCUT2D eigenvalue weighted by atomic mass is 9.90. The number of fused-ring (bicyclic) bond motifs is 2. The average molecular weight is 670 g/mol. The van der Waals surface area contributed by atoms with Crippen LogP contribution in [0.25, 0.3) is 10.9 Å². The van der Waals surface area contributed by atoms with Gasteiger partial charge in [-0.05, 0) is 118 Å². The number of anilines is 1. The quantitative estimate of drug-likeness (QED) is 0.185. The molecular formula is C39H48ClN5O3. The first-order valence-electron chi connectivity index (χ1n) is 17.2. The number of halogens is 1. The molecule has 2 N–H and O–H groups in total. The molecule has 6 rings (SSSR count). The molecule has 9 heteroatoms. The van der Waals surface area contributed by atoms with Crippen molar-refractivity contribution < 1.29 is 14.3 Å². The van der Waals surface area contributed by atoms with Crippen molar-refractivity contribution in [2.75, 3.05) is 52.3 Å². The van der Waals surface area contributed by atoms with E-state index in [-0.39, 0.29) is 17.7 Å². The number of aromatic nitrogens is 1. The van der Waals surface area contributed by atoms with E-state index in [4.69, 9.17) is 16.3 Å². The van der Waals surface area contributed by atoms with E-state index in [1.165, 1.54) is 5.56 Å². The average Bonchev–Trinajstić information content (AvgIpc) is 3.49. The van der Waals surface area contributed by atoms with Crippen molar-refractivity contribution in [3.8, 4) is 5.75 Å². The minimum Gasteiger partial charge on any atom is -0.497 e. The number of carbonyl (C=O) groups is 2. The molecule has 2 amide bonds. The third-order valence-corrected chi connectivity index (χ3v) is 10.2. The molecule has 0 aliphatic carbocycles. The third-order valence-electron chi connectivity index (χ3n) is 9.93. The molecule has 8 nitrogen and oxygen atoms in total. The fourth-order valence-electron chi connectivity index (χ4n) is 7.53. The SMILES string of the molecule is COc1cccc(CN2CCC(CCC(=O)N[C@H](Cc3c[nH]c4ccccc34)C(=O)N3C[C@H](CN(C)C)Cc4cc(Cl)ccc43)CC2)c1. The summed E-state index contributed by atoms with van der Waals surface area (Å²) in [5.74, 6) is 1.49. The van der Waals surface area contributed by atoms with Gasteiger partial charge in [-0.3, -0.25) is 14.5 Å². The summed E-state index contributed by atoms with van der Waals surface area (Å²) in [5.41, 5.74) is 5.25. The van der Waals surface area contributed by atoms with E-state index in [0.29, 0.717) is 30.3 Å². The van der Waals surface area contributed by atoms with Gasteiger partial charge in [-0.1, -0.05) is 41.9 Å². The van der Waals surface area contributed by atoms with Crippen molar-refractivity contribution in [1.82, 2.24) is 20.1 Å². The van der Waals surface area contributed by atoms with Crippen LogP contribution < -0.4 is 15.0 Å². The van der Waals surface area contributed by atoms with Crippen molar-refractivity contribution in [3.05, 3.63) is 94.6 Å². The van der Waals surface area contributed by atoms with Gasteiger partial charge in [0, 0.05) is 60.3 Å². The number of amides is 2. The number of aromatic amines is 1.